The van der Waals surface area contributed by atoms with Crippen LogP contribution in [-0.2, 0) is 13.0 Å². The number of pyridine rings is 1. The fraction of sp³-hybridized carbons (Fsp3) is 0.364. The second-order valence-electron chi connectivity index (χ2n) is 6.75. The summed E-state index contributed by atoms with van der Waals surface area (Å²) in [6.45, 7) is 3.95. The van der Waals surface area contributed by atoms with Gasteiger partial charge in [-0.3, -0.25) is 9.98 Å². The van der Waals surface area contributed by atoms with Crippen LogP contribution in [0.2, 0.25) is 0 Å². The predicted octanol–water partition coefficient (Wildman–Crippen LogP) is 3.41. The van der Waals surface area contributed by atoms with Crippen molar-refractivity contribution >= 4 is 29.9 Å². The van der Waals surface area contributed by atoms with E-state index in [2.05, 4.69) is 20.4 Å². The Morgan fingerprint density at radius 3 is 2.72 bits per heavy atom. The average Bonchev–Trinajstić information content (AvgIpc) is 3.28. The van der Waals surface area contributed by atoms with E-state index in [1.807, 2.05) is 55.3 Å². The quantitative estimate of drug-likeness (QED) is 0.245. The molecule has 1 N–H and O–H groups in total. The summed E-state index contributed by atoms with van der Waals surface area (Å²) < 4.78 is 16.1. The van der Waals surface area contributed by atoms with Crippen LogP contribution in [0.4, 0.5) is 0 Å². The summed E-state index contributed by atoms with van der Waals surface area (Å²) in [6.07, 6.45) is 2.25. The fourth-order valence-electron chi connectivity index (χ4n) is 2.99. The Kier molecular flexibility index (Phi) is 10.2. The molecule has 0 aliphatic heterocycles. The number of nitrogens with one attached hydrogen (secondary N) is 1. The predicted molar refractivity (Wildman–Crippen MR) is 134 cm³/mol. The first kappa shape index (κ1) is 25.4. The second kappa shape index (κ2) is 12.8. The molecule has 0 saturated heterocycles. The van der Waals surface area contributed by atoms with Gasteiger partial charge in [-0.2, -0.15) is 4.98 Å². The lowest BCUT2D eigenvalue weighted by Gasteiger charge is -2.23. The number of methoxy groups -OCH3 is 2. The summed E-state index contributed by atoms with van der Waals surface area (Å²) in [7, 11) is 5.28. The summed E-state index contributed by atoms with van der Waals surface area (Å²) in [5, 5.41) is 7.35. The van der Waals surface area contributed by atoms with E-state index in [-0.39, 0.29) is 24.0 Å². The summed E-state index contributed by atoms with van der Waals surface area (Å²) in [5.74, 6) is 3.33. The third-order valence-corrected chi connectivity index (χ3v) is 4.55. The van der Waals surface area contributed by atoms with Gasteiger partial charge in [0.2, 0.25) is 0 Å². The van der Waals surface area contributed by atoms with Crippen molar-refractivity contribution < 1.29 is 14.0 Å². The van der Waals surface area contributed by atoms with Gasteiger partial charge in [-0.1, -0.05) is 11.2 Å². The molecule has 0 aliphatic rings. The maximum Gasteiger partial charge on any atom is 0.276 e. The van der Waals surface area contributed by atoms with Gasteiger partial charge in [0.25, 0.3) is 5.89 Å². The first-order valence-corrected chi connectivity index (χ1v) is 10.1. The maximum absolute atomic E-state index is 5.51. The van der Waals surface area contributed by atoms with Crippen LogP contribution >= 0.6 is 24.0 Å². The van der Waals surface area contributed by atoms with Crippen molar-refractivity contribution in [1.82, 2.24) is 25.3 Å². The van der Waals surface area contributed by atoms with E-state index in [9.17, 15) is 0 Å². The third kappa shape index (κ3) is 6.81. The van der Waals surface area contributed by atoms with Crippen LogP contribution in [0.3, 0.4) is 0 Å². The van der Waals surface area contributed by atoms with Crippen LogP contribution < -0.4 is 14.8 Å². The highest BCUT2D eigenvalue weighted by atomic mass is 127. The van der Waals surface area contributed by atoms with Crippen LogP contribution in [0, 0.1) is 0 Å². The van der Waals surface area contributed by atoms with E-state index in [0.717, 1.165) is 29.6 Å². The zero-order valence-electron chi connectivity index (χ0n) is 18.7. The van der Waals surface area contributed by atoms with Gasteiger partial charge in [0.1, 0.15) is 17.2 Å². The van der Waals surface area contributed by atoms with Crippen LogP contribution in [0.5, 0.6) is 11.5 Å². The Morgan fingerprint density at radius 2 is 2.03 bits per heavy atom. The number of benzene rings is 1. The van der Waals surface area contributed by atoms with Crippen molar-refractivity contribution in [1.29, 1.82) is 0 Å². The average molecular weight is 552 g/mol. The molecule has 0 radical (unpaired) electrons. The number of aliphatic imine (C=N–C) groups is 1. The standard InChI is InChI=1S/C22H28N6O3.HI/c1-5-23-22(28(2)15-16-9-10-17(29-3)14-19(16)30-4)25-13-11-20-26-21(31-27-20)18-8-6-7-12-24-18;/h6-10,12,14H,5,11,13,15H2,1-4H3,(H,23,25);1H. The van der Waals surface area contributed by atoms with Crippen LogP contribution in [0.1, 0.15) is 18.3 Å². The van der Waals surface area contributed by atoms with Gasteiger partial charge < -0.3 is 24.2 Å². The molecule has 172 valence electrons. The van der Waals surface area contributed by atoms with Crippen LogP contribution in [0.25, 0.3) is 11.6 Å². The van der Waals surface area contributed by atoms with E-state index < -0.39 is 0 Å². The monoisotopic (exact) mass is 552 g/mol. The lowest BCUT2D eigenvalue weighted by atomic mass is 10.2. The minimum Gasteiger partial charge on any atom is -0.497 e. The highest BCUT2D eigenvalue weighted by molar-refractivity contribution is 14.0. The Hall–Kier alpha value is -2.89. The van der Waals surface area contributed by atoms with E-state index in [0.29, 0.717) is 36.9 Å². The molecule has 3 rings (SSSR count). The first-order valence-electron chi connectivity index (χ1n) is 10.1. The smallest absolute Gasteiger partial charge is 0.276 e. The molecule has 0 atom stereocenters. The highest BCUT2D eigenvalue weighted by Crippen LogP contribution is 2.25. The SMILES string of the molecule is CCNC(=NCCc1noc(-c2ccccn2)n1)N(C)Cc1ccc(OC)cc1OC.I. The number of nitrogens with zero attached hydrogens (tertiary/aromatic N) is 5. The molecular weight excluding hydrogens is 523 g/mol. The molecule has 0 spiro atoms. The molecule has 0 unspecified atom stereocenters. The Bertz CT molecular complexity index is 996. The zero-order chi connectivity index (χ0) is 22.1. The van der Waals surface area contributed by atoms with Crippen molar-refractivity contribution in [3.05, 3.63) is 54.0 Å². The summed E-state index contributed by atoms with van der Waals surface area (Å²) in [4.78, 5) is 15.4. The lowest BCUT2D eigenvalue weighted by Crippen LogP contribution is -2.38. The number of guanidine groups is 1. The van der Waals surface area contributed by atoms with Gasteiger partial charge >= 0.3 is 0 Å². The van der Waals surface area contributed by atoms with Crippen molar-refractivity contribution in [2.45, 2.75) is 19.9 Å². The summed E-state index contributed by atoms with van der Waals surface area (Å²) in [5.41, 5.74) is 1.70. The number of hydrogen-bond donors (Lipinski definition) is 1. The second-order valence-corrected chi connectivity index (χ2v) is 6.75. The fourth-order valence-corrected chi connectivity index (χ4v) is 2.99. The number of halogens is 1. The van der Waals surface area contributed by atoms with Gasteiger partial charge in [-0.15, -0.1) is 24.0 Å². The zero-order valence-corrected chi connectivity index (χ0v) is 21.1. The van der Waals surface area contributed by atoms with Crippen molar-refractivity contribution in [2.24, 2.45) is 4.99 Å². The van der Waals surface area contributed by atoms with Crippen molar-refractivity contribution in [3.63, 3.8) is 0 Å². The molecule has 0 fully saturated rings. The Balaban J connectivity index is 0.00000363. The third-order valence-electron chi connectivity index (χ3n) is 4.55. The number of rotatable bonds is 9. The number of ether oxygens (including phenoxy) is 2. The van der Waals surface area contributed by atoms with Crippen LogP contribution in [-0.4, -0.2) is 60.3 Å². The van der Waals surface area contributed by atoms with Gasteiger partial charge in [0.15, 0.2) is 11.8 Å². The number of hydrogen-bond acceptors (Lipinski definition) is 7. The van der Waals surface area contributed by atoms with Gasteiger partial charge in [0, 0.05) is 50.9 Å². The highest BCUT2D eigenvalue weighted by Gasteiger charge is 2.12. The molecule has 10 heteroatoms. The molecule has 32 heavy (non-hydrogen) atoms. The number of aromatic nitrogens is 3. The van der Waals surface area contributed by atoms with E-state index in [4.69, 9.17) is 19.0 Å². The first-order chi connectivity index (χ1) is 15.1. The molecule has 0 amide bonds. The van der Waals surface area contributed by atoms with Gasteiger partial charge in [0.05, 0.1) is 14.2 Å². The minimum atomic E-state index is 0. The molecule has 0 aliphatic carbocycles. The lowest BCUT2D eigenvalue weighted by molar-refractivity contribution is 0.382. The van der Waals surface area contributed by atoms with Crippen LogP contribution in [0.15, 0.2) is 52.1 Å². The van der Waals surface area contributed by atoms with E-state index in [1.165, 1.54) is 0 Å². The van der Waals surface area contributed by atoms with E-state index in [1.54, 1.807) is 20.4 Å². The maximum atomic E-state index is 5.51. The molecular formula is C22H29IN6O3. The molecule has 1 aromatic carbocycles. The normalized spacial score (nSPS) is 10.9. The van der Waals surface area contributed by atoms with E-state index >= 15 is 0 Å². The summed E-state index contributed by atoms with van der Waals surface area (Å²) >= 11 is 0. The molecule has 9 nitrogen and oxygen atoms in total. The topological polar surface area (TPSA) is 97.9 Å². The van der Waals surface area contributed by atoms with Gasteiger partial charge in [-0.05, 0) is 31.2 Å². The molecule has 3 aromatic rings. The van der Waals surface area contributed by atoms with Crippen molar-refractivity contribution in [3.8, 4) is 23.1 Å². The summed E-state index contributed by atoms with van der Waals surface area (Å²) in [6, 6.07) is 11.4. The van der Waals surface area contributed by atoms with Crippen molar-refractivity contribution in [2.75, 3.05) is 34.4 Å². The minimum absolute atomic E-state index is 0. The molecule has 2 aromatic heterocycles. The van der Waals surface area contributed by atoms with Gasteiger partial charge in [-0.25, -0.2) is 0 Å². The molecule has 0 bridgehead atoms. The molecule has 0 saturated carbocycles. The Labute approximate surface area is 205 Å². The largest absolute Gasteiger partial charge is 0.497 e. The Morgan fingerprint density at radius 1 is 1.19 bits per heavy atom. The molecule has 2 heterocycles.